The molecule has 0 heterocycles. The lowest BCUT2D eigenvalue weighted by molar-refractivity contribution is 0.191. The van der Waals surface area contributed by atoms with E-state index in [1.807, 2.05) is 48.5 Å². The van der Waals surface area contributed by atoms with Gasteiger partial charge in [0.25, 0.3) is 0 Å². The fraction of sp³-hybridized carbons (Fsp3) is 0.250. The Morgan fingerprint density at radius 2 is 1.79 bits per heavy atom. The van der Waals surface area contributed by atoms with Crippen LogP contribution in [0.5, 0.6) is 5.75 Å². The second-order valence-corrected chi connectivity index (χ2v) is 6.53. The summed E-state index contributed by atoms with van der Waals surface area (Å²) in [6, 6.07) is 17.0. The van der Waals surface area contributed by atoms with E-state index in [1.165, 1.54) is 0 Å². The predicted molar refractivity (Wildman–Crippen MR) is 114 cm³/mol. The largest absolute Gasteiger partial charge is 0.507 e. The molecule has 0 saturated heterocycles. The van der Waals surface area contributed by atoms with Gasteiger partial charge in [0, 0.05) is 12.7 Å². The van der Waals surface area contributed by atoms with Gasteiger partial charge in [-0.15, -0.1) is 0 Å². The number of allylic oxidation sites excluding steroid dienone is 1. The number of methoxy groups -OCH3 is 1. The van der Waals surface area contributed by atoms with Gasteiger partial charge in [-0.1, -0.05) is 61.2 Å². The molecule has 0 aliphatic rings. The lowest BCUT2D eigenvalue weighted by atomic mass is 9.92. The molecule has 2 aromatic rings. The maximum Gasteiger partial charge on any atom is 0.122 e. The summed E-state index contributed by atoms with van der Waals surface area (Å²) in [6.45, 7) is 4.06. The quantitative estimate of drug-likeness (QED) is 0.427. The predicted octanol–water partition coefficient (Wildman–Crippen LogP) is 4.20. The number of para-hydroxylation sites is 1. The fourth-order valence-electron chi connectivity index (χ4n) is 3.07. The summed E-state index contributed by atoms with van der Waals surface area (Å²) in [4.78, 5) is 0. The van der Waals surface area contributed by atoms with Gasteiger partial charge in [-0.3, -0.25) is 0 Å². The first-order valence-corrected chi connectivity index (χ1v) is 9.26. The minimum absolute atomic E-state index is 0.172. The molecule has 0 aliphatic carbocycles. The van der Waals surface area contributed by atoms with Crippen LogP contribution >= 0.6 is 0 Å². The van der Waals surface area contributed by atoms with Gasteiger partial charge in [-0.25, -0.2) is 0 Å². The topological polar surface area (TPSA) is 69.9 Å². The van der Waals surface area contributed by atoms with Gasteiger partial charge >= 0.3 is 0 Å². The van der Waals surface area contributed by atoms with Gasteiger partial charge < -0.3 is 20.1 Å². The van der Waals surface area contributed by atoms with E-state index >= 15 is 0 Å². The van der Waals surface area contributed by atoms with Gasteiger partial charge in [0.15, 0.2) is 0 Å². The minimum atomic E-state index is -0.772. The molecule has 1 unspecified atom stereocenters. The molecule has 3 N–H and O–H groups in total. The standard InChI is InChI=1S/C24H28O4/c1-18(17-28-2)22(14-15-25)24(27)13-12-20(19-8-4-3-5-9-19)16-21-10-6-7-11-23(21)26/h3-11,14,16,24-27H,1,12-13,15,17H2,2H3/b20-16-,22-14-. The number of ether oxygens (including phenoxy) is 1. The van der Waals surface area contributed by atoms with Crippen LogP contribution in [0.2, 0.25) is 0 Å². The van der Waals surface area contributed by atoms with Crippen LogP contribution in [0.3, 0.4) is 0 Å². The van der Waals surface area contributed by atoms with Crippen LogP contribution < -0.4 is 0 Å². The van der Waals surface area contributed by atoms with Crippen molar-refractivity contribution >= 4 is 11.6 Å². The van der Waals surface area contributed by atoms with Crippen LogP contribution in [0.4, 0.5) is 0 Å². The summed E-state index contributed by atoms with van der Waals surface area (Å²) in [6.07, 6.45) is 3.77. The van der Waals surface area contributed by atoms with Crippen LogP contribution in [0, 0.1) is 0 Å². The lowest BCUT2D eigenvalue weighted by Gasteiger charge is -2.18. The molecule has 0 fully saturated rings. The Morgan fingerprint density at radius 3 is 2.43 bits per heavy atom. The van der Waals surface area contributed by atoms with E-state index in [9.17, 15) is 15.3 Å². The third-order valence-electron chi connectivity index (χ3n) is 4.50. The van der Waals surface area contributed by atoms with E-state index in [2.05, 4.69) is 6.58 Å². The number of hydrogen-bond acceptors (Lipinski definition) is 4. The average Bonchev–Trinajstić information content (AvgIpc) is 2.71. The summed E-state index contributed by atoms with van der Waals surface area (Å²) < 4.78 is 5.10. The van der Waals surface area contributed by atoms with Gasteiger partial charge in [0.05, 0.1) is 19.3 Å². The molecule has 0 bridgehead atoms. The third-order valence-corrected chi connectivity index (χ3v) is 4.50. The number of aliphatic hydroxyl groups is 2. The minimum Gasteiger partial charge on any atom is -0.507 e. The maximum absolute atomic E-state index is 10.7. The zero-order chi connectivity index (χ0) is 20.4. The monoisotopic (exact) mass is 380 g/mol. The molecule has 148 valence electrons. The Hall–Kier alpha value is -2.66. The van der Waals surface area contributed by atoms with Gasteiger partial charge in [0.2, 0.25) is 0 Å². The number of benzene rings is 2. The molecule has 2 rings (SSSR count). The highest BCUT2D eigenvalue weighted by molar-refractivity contribution is 5.83. The summed E-state index contributed by atoms with van der Waals surface area (Å²) in [5.41, 5.74) is 4.00. The smallest absolute Gasteiger partial charge is 0.122 e. The maximum atomic E-state index is 10.7. The van der Waals surface area contributed by atoms with E-state index < -0.39 is 6.10 Å². The van der Waals surface area contributed by atoms with Crippen molar-refractivity contribution in [2.75, 3.05) is 20.3 Å². The molecule has 2 aromatic carbocycles. The first kappa shape index (κ1) is 21.6. The Kier molecular flexibility index (Phi) is 8.69. The molecule has 1 atom stereocenters. The summed E-state index contributed by atoms with van der Waals surface area (Å²) in [5.74, 6) is 0.214. The number of rotatable bonds is 10. The van der Waals surface area contributed by atoms with Crippen molar-refractivity contribution in [1.29, 1.82) is 0 Å². The molecule has 0 saturated carbocycles. The van der Waals surface area contributed by atoms with E-state index in [1.54, 1.807) is 25.3 Å². The van der Waals surface area contributed by atoms with E-state index in [0.29, 0.717) is 30.6 Å². The van der Waals surface area contributed by atoms with Gasteiger partial charge in [0.1, 0.15) is 5.75 Å². The van der Waals surface area contributed by atoms with Crippen LogP contribution in [-0.4, -0.2) is 41.7 Å². The third kappa shape index (κ3) is 6.20. The van der Waals surface area contributed by atoms with Gasteiger partial charge in [-0.2, -0.15) is 0 Å². The van der Waals surface area contributed by atoms with Crippen molar-refractivity contribution in [2.24, 2.45) is 0 Å². The molecule has 0 spiro atoms. The highest BCUT2D eigenvalue weighted by Crippen LogP contribution is 2.29. The normalized spacial score (nSPS) is 13.4. The molecule has 0 amide bonds. The fourth-order valence-corrected chi connectivity index (χ4v) is 3.07. The summed E-state index contributed by atoms with van der Waals surface area (Å²) >= 11 is 0. The van der Waals surface area contributed by atoms with Crippen molar-refractivity contribution in [3.63, 3.8) is 0 Å². The SMILES string of the molecule is C=C(COC)/C(=C/CO)C(O)CC/C(=C/c1ccccc1O)c1ccccc1. The summed E-state index contributed by atoms with van der Waals surface area (Å²) in [7, 11) is 1.57. The summed E-state index contributed by atoms with van der Waals surface area (Å²) in [5, 5.41) is 30.1. The number of aromatic hydroxyl groups is 1. The second kappa shape index (κ2) is 11.2. The molecule has 0 aliphatic heterocycles. The molecule has 4 nitrogen and oxygen atoms in total. The van der Waals surface area contributed by atoms with Gasteiger partial charge in [-0.05, 0) is 47.3 Å². The van der Waals surface area contributed by atoms with Crippen molar-refractivity contribution in [3.05, 3.63) is 89.5 Å². The number of aliphatic hydroxyl groups excluding tert-OH is 2. The first-order chi connectivity index (χ1) is 13.6. The molecule has 0 radical (unpaired) electrons. The van der Waals surface area contributed by atoms with E-state index in [4.69, 9.17) is 4.74 Å². The Bertz CT molecular complexity index is 822. The lowest BCUT2D eigenvalue weighted by Crippen LogP contribution is -2.15. The molecule has 4 heteroatoms. The molecular formula is C24H28O4. The van der Waals surface area contributed by atoms with E-state index in [-0.39, 0.29) is 12.4 Å². The second-order valence-electron chi connectivity index (χ2n) is 6.53. The Labute approximate surface area is 166 Å². The van der Waals surface area contributed by atoms with Crippen molar-refractivity contribution < 1.29 is 20.1 Å². The Balaban J connectivity index is 2.25. The average molecular weight is 380 g/mol. The van der Waals surface area contributed by atoms with Crippen molar-refractivity contribution in [1.82, 2.24) is 0 Å². The number of hydrogen-bond donors (Lipinski definition) is 3. The molecule has 0 aromatic heterocycles. The first-order valence-electron chi connectivity index (χ1n) is 9.26. The highest BCUT2D eigenvalue weighted by Gasteiger charge is 2.15. The zero-order valence-electron chi connectivity index (χ0n) is 16.2. The zero-order valence-corrected chi connectivity index (χ0v) is 16.2. The highest BCUT2D eigenvalue weighted by atomic mass is 16.5. The number of phenols is 1. The van der Waals surface area contributed by atoms with Crippen LogP contribution in [0.1, 0.15) is 24.0 Å². The molecular weight excluding hydrogens is 352 g/mol. The number of phenolic OH excluding ortho intramolecular Hbond substituents is 1. The van der Waals surface area contributed by atoms with E-state index in [0.717, 1.165) is 16.7 Å². The van der Waals surface area contributed by atoms with Crippen LogP contribution in [0.25, 0.3) is 11.6 Å². The van der Waals surface area contributed by atoms with Crippen LogP contribution in [-0.2, 0) is 4.74 Å². The van der Waals surface area contributed by atoms with Crippen molar-refractivity contribution in [2.45, 2.75) is 18.9 Å². The van der Waals surface area contributed by atoms with Crippen LogP contribution in [0.15, 0.2) is 78.4 Å². The Morgan fingerprint density at radius 1 is 1.11 bits per heavy atom. The van der Waals surface area contributed by atoms with Crippen molar-refractivity contribution in [3.8, 4) is 5.75 Å². The molecule has 28 heavy (non-hydrogen) atoms.